The zero-order chi connectivity index (χ0) is 12.4. The Kier molecular flexibility index (Phi) is 3.43. The minimum absolute atomic E-state index is 0.264. The van der Waals surface area contributed by atoms with Crippen molar-refractivity contribution in [3.05, 3.63) is 40.6 Å². The monoisotopic (exact) mass is 291 g/mol. The van der Waals surface area contributed by atoms with Crippen molar-refractivity contribution in [1.29, 1.82) is 0 Å². The molecule has 0 aliphatic rings. The average molecular weight is 292 g/mol. The van der Waals surface area contributed by atoms with E-state index in [1.54, 1.807) is 6.07 Å². The molecule has 0 unspecified atom stereocenters. The number of hydrogen-bond donors (Lipinski definition) is 1. The third-order valence-electron chi connectivity index (χ3n) is 2.43. The first-order valence-electron chi connectivity index (χ1n) is 5.47. The fourth-order valence-corrected chi connectivity index (χ4v) is 2.04. The minimum atomic E-state index is 0.264. The van der Waals surface area contributed by atoms with Gasteiger partial charge in [0.25, 0.3) is 0 Å². The zero-order valence-corrected chi connectivity index (χ0v) is 11.4. The van der Waals surface area contributed by atoms with E-state index in [2.05, 4.69) is 39.7 Å². The average Bonchev–Trinajstić information content (AvgIpc) is 2.28. The maximum atomic E-state index is 5.82. The molecule has 0 fully saturated rings. The topological polar surface area (TPSA) is 51.8 Å². The lowest BCUT2D eigenvalue weighted by Gasteiger charge is -2.09. The first-order valence-corrected chi connectivity index (χ1v) is 6.26. The molecule has 0 aliphatic carbocycles. The molecule has 2 aromatic rings. The highest BCUT2D eigenvalue weighted by molar-refractivity contribution is 9.10. The van der Waals surface area contributed by atoms with Crippen molar-refractivity contribution in [2.75, 3.05) is 5.73 Å². The second-order valence-electron chi connectivity index (χ2n) is 4.17. The lowest BCUT2D eigenvalue weighted by molar-refractivity contribution is 0.778. The van der Waals surface area contributed by atoms with Gasteiger partial charge in [0, 0.05) is 22.0 Å². The normalized spacial score (nSPS) is 10.8. The molecule has 3 nitrogen and oxygen atoms in total. The first-order chi connectivity index (χ1) is 8.08. The predicted octanol–water partition coefficient (Wildman–Crippen LogP) is 3.61. The van der Waals surface area contributed by atoms with Gasteiger partial charge in [-0.2, -0.15) is 0 Å². The molecule has 0 atom stereocenters. The highest BCUT2D eigenvalue weighted by atomic mass is 79.9. The van der Waals surface area contributed by atoms with Crippen molar-refractivity contribution in [2.24, 2.45) is 0 Å². The molecular weight excluding hydrogens is 278 g/mol. The number of anilines is 1. The molecule has 0 spiro atoms. The Bertz CT molecular complexity index is 538. The largest absolute Gasteiger partial charge is 0.384 e. The van der Waals surface area contributed by atoms with Crippen molar-refractivity contribution < 1.29 is 0 Å². The van der Waals surface area contributed by atoms with Crippen LogP contribution in [0, 0.1) is 0 Å². The highest BCUT2D eigenvalue weighted by Crippen LogP contribution is 2.28. The third kappa shape index (κ3) is 2.64. The van der Waals surface area contributed by atoms with Gasteiger partial charge in [0.1, 0.15) is 11.6 Å². The quantitative estimate of drug-likeness (QED) is 0.920. The summed E-state index contributed by atoms with van der Waals surface area (Å²) >= 11 is 3.52. The van der Waals surface area contributed by atoms with Gasteiger partial charge >= 0.3 is 0 Å². The molecular formula is C13H14BrN3. The Labute approximate surface area is 109 Å². The Morgan fingerprint density at radius 1 is 1.18 bits per heavy atom. The van der Waals surface area contributed by atoms with Gasteiger partial charge in [-0.15, -0.1) is 0 Å². The van der Waals surface area contributed by atoms with Crippen molar-refractivity contribution >= 4 is 21.7 Å². The molecule has 17 heavy (non-hydrogen) atoms. The van der Waals surface area contributed by atoms with Crippen molar-refractivity contribution in [3.63, 3.8) is 0 Å². The fourth-order valence-electron chi connectivity index (χ4n) is 1.55. The SMILES string of the molecule is CC(C)c1nc(N)cc(-c2ccccc2Br)n1. The Hall–Kier alpha value is -1.42. The molecule has 0 saturated carbocycles. The van der Waals surface area contributed by atoms with Crippen LogP contribution in [0.1, 0.15) is 25.6 Å². The summed E-state index contributed by atoms with van der Waals surface area (Å²) in [6, 6.07) is 9.75. The Morgan fingerprint density at radius 3 is 2.53 bits per heavy atom. The summed E-state index contributed by atoms with van der Waals surface area (Å²) in [7, 11) is 0. The van der Waals surface area contributed by atoms with Gasteiger partial charge in [-0.1, -0.05) is 48.0 Å². The van der Waals surface area contributed by atoms with Crippen LogP contribution in [-0.4, -0.2) is 9.97 Å². The molecule has 0 radical (unpaired) electrons. The number of nitrogens with two attached hydrogens (primary N) is 1. The van der Waals surface area contributed by atoms with Crippen molar-refractivity contribution in [3.8, 4) is 11.3 Å². The number of nitrogen functional groups attached to an aromatic ring is 1. The summed E-state index contributed by atoms with van der Waals surface area (Å²) in [5.74, 6) is 1.55. The van der Waals surface area contributed by atoms with Crippen LogP contribution in [0.3, 0.4) is 0 Å². The van der Waals surface area contributed by atoms with Crippen molar-refractivity contribution in [1.82, 2.24) is 9.97 Å². The fraction of sp³-hybridized carbons (Fsp3) is 0.231. The summed E-state index contributed by atoms with van der Waals surface area (Å²) in [4.78, 5) is 8.78. The molecule has 2 rings (SSSR count). The van der Waals surface area contributed by atoms with Crippen LogP contribution in [0.5, 0.6) is 0 Å². The van der Waals surface area contributed by atoms with Gasteiger partial charge in [-0.3, -0.25) is 0 Å². The second kappa shape index (κ2) is 4.84. The van der Waals surface area contributed by atoms with Gasteiger partial charge in [0.2, 0.25) is 0 Å². The summed E-state index contributed by atoms with van der Waals surface area (Å²) in [6.07, 6.45) is 0. The number of benzene rings is 1. The zero-order valence-electron chi connectivity index (χ0n) is 9.81. The molecule has 0 saturated heterocycles. The van der Waals surface area contributed by atoms with Crippen LogP contribution < -0.4 is 5.73 Å². The molecule has 1 aromatic carbocycles. The number of hydrogen-bond acceptors (Lipinski definition) is 3. The maximum Gasteiger partial charge on any atom is 0.133 e. The van der Waals surface area contributed by atoms with Gasteiger partial charge in [0.05, 0.1) is 5.69 Å². The number of nitrogens with zero attached hydrogens (tertiary/aromatic N) is 2. The number of rotatable bonds is 2. The molecule has 0 bridgehead atoms. The molecule has 1 heterocycles. The number of halogens is 1. The van der Waals surface area contributed by atoms with Gasteiger partial charge in [-0.05, 0) is 6.07 Å². The van der Waals surface area contributed by atoms with E-state index in [4.69, 9.17) is 5.73 Å². The van der Waals surface area contributed by atoms with Crippen LogP contribution in [0.15, 0.2) is 34.8 Å². The van der Waals surface area contributed by atoms with Crippen LogP contribution in [0.4, 0.5) is 5.82 Å². The molecule has 1 aromatic heterocycles. The third-order valence-corrected chi connectivity index (χ3v) is 3.12. The Balaban J connectivity index is 2.56. The van der Waals surface area contributed by atoms with Gasteiger partial charge in [-0.25, -0.2) is 9.97 Å². The molecule has 2 N–H and O–H groups in total. The van der Waals surface area contributed by atoms with E-state index in [-0.39, 0.29) is 5.92 Å². The predicted molar refractivity (Wildman–Crippen MR) is 73.7 cm³/mol. The van der Waals surface area contributed by atoms with E-state index in [0.29, 0.717) is 5.82 Å². The van der Waals surface area contributed by atoms with Crippen LogP contribution >= 0.6 is 15.9 Å². The molecule has 0 aliphatic heterocycles. The van der Waals surface area contributed by atoms with Gasteiger partial charge < -0.3 is 5.73 Å². The first kappa shape index (κ1) is 12.0. The summed E-state index contributed by atoms with van der Waals surface area (Å²) in [5, 5.41) is 0. The highest BCUT2D eigenvalue weighted by Gasteiger charge is 2.09. The van der Waals surface area contributed by atoms with Gasteiger partial charge in [0.15, 0.2) is 0 Å². The lowest BCUT2D eigenvalue weighted by atomic mass is 10.1. The van der Waals surface area contributed by atoms with E-state index < -0.39 is 0 Å². The maximum absolute atomic E-state index is 5.82. The minimum Gasteiger partial charge on any atom is -0.384 e. The second-order valence-corrected chi connectivity index (χ2v) is 5.03. The Morgan fingerprint density at radius 2 is 1.88 bits per heavy atom. The van der Waals surface area contributed by atoms with Crippen molar-refractivity contribution in [2.45, 2.75) is 19.8 Å². The van der Waals surface area contributed by atoms with E-state index >= 15 is 0 Å². The standard InChI is InChI=1S/C13H14BrN3/c1-8(2)13-16-11(7-12(15)17-13)9-5-3-4-6-10(9)14/h3-8H,1-2H3,(H2,15,16,17). The summed E-state index contributed by atoms with van der Waals surface area (Å²) in [5.41, 5.74) is 7.70. The van der Waals surface area contributed by atoms with E-state index in [9.17, 15) is 0 Å². The van der Waals surface area contributed by atoms with E-state index in [1.807, 2.05) is 24.3 Å². The van der Waals surface area contributed by atoms with E-state index in [0.717, 1.165) is 21.6 Å². The van der Waals surface area contributed by atoms with Crippen LogP contribution in [-0.2, 0) is 0 Å². The molecule has 88 valence electrons. The molecule has 0 amide bonds. The van der Waals surface area contributed by atoms with Crippen LogP contribution in [0.2, 0.25) is 0 Å². The summed E-state index contributed by atoms with van der Waals surface area (Å²) < 4.78 is 1.01. The van der Waals surface area contributed by atoms with Crippen LogP contribution in [0.25, 0.3) is 11.3 Å². The summed E-state index contributed by atoms with van der Waals surface area (Å²) in [6.45, 7) is 4.11. The van der Waals surface area contributed by atoms with E-state index in [1.165, 1.54) is 0 Å². The molecule has 4 heteroatoms. The smallest absolute Gasteiger partial charge is 0.133 e. The lowest BCUT2D eigenvalue weighted by Crippen LogP contribution is -2.03. The number of aromatic nitrogens is 2.